The molecule has 0 unspecified atom stereocenters. The molecule has 1 heterocycles. The number of carbonyl (C=O) groups is 3. The summed E-state index contributed by atoms with van der Waals surface area (Å²) in [6.07, 6.45) is 1.89. The van der Waals surface area contributed by atoms with Crippen molar-refractivity contribution in [3.63, 3.8) is 0 Å². The molecule has 3 saturated carbocycles. The highest BCUT2D eigenvalue weighted by Crippen LogP contribution is 2.52. The molecular formula is C16H13ClFNO3. The van der Waals surface area contributed by atoms with Crippen molar-refractivity contribution >= 4 is 34.9 Å². The quantitative estimate of drug-likeness (QED) is 0.747. The number of benzene rings is 1. The molecule has 3 aliphatic carbocycles. The van der Waals surface area contributed by atoms with Crippen molar-refractivity contribution in [1.82, 2.24) is 0 Å². The Bertz CT molecular complexity index is 719. The average Bonchev–Trinajstić information content (AvgIpc) is 2.76. The summed E-state index contributed by atoms with van der Waals surface area (Å²) in [6, 6.07) is 3.80. The van der Waals surface area contributed by atoms with E-state index in [0.29, 0.717) is 12.8 Å². The van der Waals surface area contributed by atoms with Gasteiger partial charge in [-0.2, -0.15) is 0 Å². The Balaban J connectivity index is 1.77. The molecule has 2 bridgehead atoms. The predicted molar refractivity (Wildman–Crippen MR) is 76.7 cm³/mol. The Morgan fingerprint density at radius 1 is 1.09 bits per heavy atom. The SMILES string of the molecule is O=C1C[C@H]2CC[C@@H]1[C@H]1C(=O)N(c3ccc(F)c(Cl)c3)C(=O)[C@@H]21. The molecule has 0 aromatic heterocycles. The molecule has 2 amide bonds. The van der Waals surface area contributed by atoms with Crippen LogP contribution in [-0.4, -0.2) is 17.6 Å². The van der Waals surface area contributed by atoms with Crippen LogP contribution in [0.15, 0.2) is 18.2 Å². The van der Waals surface area contributed by atoms with Crippen molar-refractivity contribution in [2.75, 3.05) is 4.90 Å². The van der Waals surface area contributed by atoms with E-state index in [4.69, 9.17) is 11.6 Å². The molecule has 4 atom stereocenters. The zero-order valence-corrected chi connectivity index (χ0v) is 12.3. The topological polar surface area (TPSA) is 54.5 Å². The molecule has 0 N–H and O–H groups in total. The monoisotopic (exact) mass is 321 g/mol. The second-order valence-electron chi connectivity index (χ2n) is 6.28. The van der Waals surface area contributed by atoms with Crippen molar-refractivity contribution < 1.29 is 18.8 Å². The highest BCUT2D eigenvalue weighted by atomic mass is 35.5. The molecule has 1 saturated heterocycles. The standard InChI is InChI=1S/C16H13ClFNO3/c17-10-6-8(2-4-11(10)18)19-15(21)13-7-1-3-9(12(20)5-7)14(13)16(19)22/h2,4,6-7,9,13-14H,1,3,5H2/t7-,9+,13+,14-/m1/s1. The number of fused-ring (bicyclic) bond motifs is 2. The number of imide groups is 1. The first kappa shape index (κ1) is 13.9. The van der Waals surface area contributed by atoms with E-state index < -0.39 is 17.7 Å². The van der Waals surface area contributed by atoms with Gasteiger partial charge in [0.05, 0.1) is 22.5 Å². The summed E-state index contributed by atoms with van der Waals surface area (Å²) in [5.41, 5.74) is 0.280. The van der Waals surface area contributed by atoms with Crippen LogP contribution in [0.5, 0.6) is 0 Å². The zero-order valence-electron chi connectivity index (χ0n) is 11.6. The van der Waals surface area contributed by atoms with Gasteiger partial charge in [-0.3, -0.25) is 14.4 Å². The third kappa shape index (κ3) is 1.72. The summed E-state index contributed by atoms with van der Waals surface area (Å²) in [6.45, 7) is 0. The van der Waals surface area contributed by atoms with Gasteiger partial charge in [-0.15, -0.1) is 0 Å². The maximum atomic E-state index is 13.3. The number of carbonyl (C=O) groups excluding carboxylic acids is 3. The molecular weight excluding hydrogens is 309 g/mol. The van der Waals surface area contributed by atoms with Crippen molar-refractivity contribution in [2.24, 2.45) is 23.7 Å². The maximum Gasteiger partial charge on any atom is 0.238 e. The van der Waals surface area contributed by atoms with E-state index in [0.717, 1.165) is 17.4 Å². The number of rotatable bonds is 1. The normalized spacial score (nSPS) is 33.5. The first-order valence-corrected chi connectivity index (χ1v) is 7.72. The summed E-state index contributed by atoms with van der Waals surface area (Å²) in [7, 11) is 0. The summed E-state index contributed by atoms with van der Waals surface area (Å²) < 4.78 is 13.3. The summed E-state index contributed by atoms with van der Waals surface area (Å²) in [5, 5.41) is -0.132. The zero-order chi connectivity index (χ0) is 15.6. The van der Waals surface area contributed by atoms with Gasteiger partial charge >= 0.3 is 0 Å². The fourth-order valence-electron chi connectivity index (χ4n) is 4.26. The van der Waals surface area contributed by atoms with Crippen LogP contribution in [0.25, 0.3) is 0 Å². The van der Waals surface area contributed by atoms with E-state index in [9.17, 15) is 18.8 Å². The summed E-state index contributed by atoms with van der Waals surface area (Å²) in [5.74, 6) is -2.47. The highest BCUT2D eigenvalue weighted by Gasteiger charge is 2.60. The molecule has 1 aliphatic heterocycles. The van der Waals surface area contributed by atoms with Crippen LogP contribution in [0.2, 0.25) is 5.02 Å². The second-order valence-corrected chi connectivity index (χ2v) is 6.68. The van der Waals surface area contributed by atoms with E-state index in [1.165, 1.54) is 12.1 Å². The van der Waals surface area contributed by atoms with E-state index in [2.05, 4.69) is 0 Å². The molecule has 4 aliphatic rings. The van der Waals surface area contributed by atoms with Gasteiger partial charge in [-0.1, -0.05) is 11.6 Å². The lowest BCUT2D eigenvalue weighted by Crippen LogP contribution is -2.46. The fraction of sp³-hybridized carbons (Fsp3) is 0.438. The third-order valence-electron chi connectivity index (χ3n) is 5.23. The number of anilines is 1. The Labute approximate surface area is 131 Å². The first-order chi connectivity index (χ1) is 10.5. The lowest BCUT2D eigenvalue weighted by molar-refractivity contribution is -0.143. The molecule has 114 valence electrons. The number of Topliss-reactive ketones (excluding diaryl/α,β-unsaturated/α-hetero) is 1. The van der Waals surface area contributed by atoms with Gasteiger partial charge in [0, 0.05) is 12.3 Å². The van der Waals surface area contributed by atoms with E-state index in [1.807, 2.05) is 0 Å². The van der Waals surface area contributed by atoms with Crippen LogP contribution >= 0.6 is 11.6 Å². The minimum absolute atomic E-state index is 0.0418. The number of hydrogen-bond donors (Lipinski definition) is 0. The van der Waals surface area contributed by atoms with E-state index >= 15 is 0 Å². The summed E-state index contributed by atoms with van der Waals surface area (Å²) in [4.78, 5) is 38.5. The molecule has 0 spiro atoms. The van der Waals surface area contributed by atoms with E-state index in [-0.39, 0.29) is 40.1 Å². The molecule has 1 aromatic rings. The van der Waals surface area contributed by atoms with Crippen molar-refractivity contribution in [1.29, 1.82) is 0 Å². The smallest absolute Gasteiger partial charge is 0.238 e. The lowest BCUT2D eigenvalue weighted by atomic mass is 9.59. The van der Waals surface area contributed by atoms with Crippen LogP contribution in [0.3, 0.4) is 0 Å². The average molecular weight is 322 g/mol. The largest absolute Gasteiger partial charge is 0.299 e. The molecule has 4 nitrogen and oxygen atoms in total. The number of halogens is 2. The molecule has 5 rings (SSSR count). The Morgan fingerprint density at radius 3 is 2.50 bits per heavy atom. The van der Waals surface area contributed by atoms with Crippen LogP contribution in [-0.2, 0) is 14.4 Å². The van der Waals surface area contributed by atoms with Crippen LogP contribution in [0.1, 0.15) is 19.3 Å². The highest BCUT2D eigenvalue weighted by molar-refractivity contribution is 6.31. The van der Waals surface area contributed by atoms with Crippen LogP contribution in [0, 0.1) is 29.5 Å². The molecule has 0 radical (unpaired) electrons. The minimum Gasteiger partial charge on any atom is -0.299 e. The van der Waals surface area contributed by atoms with Gasteiger partial charge in [0.1, 0.15) is 11.6 Å². The Morgan fingerprint density at radius 2 is 1.82 bits per heavy atom. The van der Waals surface area contributed by atoms with Gasteiger partial charge in [-0.05, 0) is 37.0 Å². The van der Waals surface area contributed by atoms with E-state index in [1.54, 1.807) is 0 Å². The Kier molecular flexibility index (Phi) is 2.92. The van der Waals surface area contributed by atoms with Gasteiger partial charge < -0.3 is 0 Å². The maximum absolute atomic E-state index is 13.3. The van der Waals surface area contributed by atoms with Gasteiger partial charge in [0.2, 0.25) is 11.8 Å². The number of nitrogens with zero attached hydrogens (tertiary/aromatic N) is 1. The number of hydrogen-bond acceptors (Lipinski definition) is 3. The molecule has 6 heteroatoms. The van der Waals surface area contributed by atoms with Crippen LogP contribution < -0.4 is 4.90 Å². The predicted octanol–water partition coefficient (Wildman–Crippen LogP) is 2.58. The molecule has 22 heavy (non-hydrogen) atoms. The van der Waals surface area contributed by atoms with Crippen LogP contribution in [0.4, 0.5) is 10.1 Å². The van der Waals surface area contributed by atoms with Crippen molar-refractivity contribution in [2.45, 2.75) is 19.3 Å². The van der Waals surface area contributed by atoms with Gasteiger partial charge in [0.25, 0.3) is 0 Å². The molecule has 4 fully saturated rings. The molecule has 1 aromatic carbocycles. The second kappa shape index (κ2) is 4.62. The lowest BCUT2D eigenvalue weighted by Gasteiger charge is -2.41. The number of ketones is 1. The van der Waals surface area contributed by atoms with Crippen molar-refractivity contribution in [3.05, 3.63) is 29.0 Å². The number of amides is 2. The fourth-order valence-corrected chi connectivity index (χ4v) is 4.44. The third-order valence-corrected chi connectivity index (χ3v) is 5.52. The Hall–Kier alpha value is -1.75. The van der Waals surface area contributed by atoms with Gasteiger partial charge in [-0.25, -0.2) is 9.29 Å². The first-order valence-electron chi connectivity index (χ1n) is 7.34. The van der Waals surface area contributed by atoms with Gasteiger partial charge in [0.15, 0.2) is 0 Å². The minimum atomic E-state index is -0.600. The summed E-state index contributed by atoms with van der Waals surface area (Å²) >= 11 is 5.76. The van der Waals surface area contributed by atoms with Crippen molar-refractivity contribution in [3.8, 4) is 0 Å².